The zero-order chi connectivity index (χ0) is 13.4. The van der Waals surface area contributed by atoms with E-state index in [-0.39, 0.29) is 0 Å². The summed E-state index contributed by atoms with van der Waals surface area (Å²) in [4.78, 5) is 0. The van der Waals surface area contributed by atoms with Crippen LogP contribution in [0.15, 0.2) is 36.7 Å². The molecular formula is C16H21N3. The van der Waals surface area contributed by atoms with Gasteiger partial charge in [0, 0.05) is 17.1 Å². The van der Waals surface area contributed by atoms with E-state index in [0.29, 0.717) is 12.0 Å². The fourth-order valence-corrected chi connectivity index (χ4v) is 2.72. The second-order valence-electron chi connectivity index (χ2n) is 5.78. The van der Waals surface area contributed by atoms with E-state index in [1.807, 2.05) is 6.20 Å². The molecular weight excluding hydrogens is 234 g/mol. The van der Waals surface area contributed by atoms with Crippen LogP contribution in [0.5, 0.6) is 0 Å². The van der Waals surface area contributed by atoms with Crippen molar-refractivity contribution in [2.75, 3.05) is 0 Å². The second kappa shape index (κ2) is 4.72. The van der Waals surface area contributed by atoms with Gasteiger partial charge in [0.25, 0.3) is 0 Å². The van der Waals surface area contributed by atoms with E-state index >= 15 is 0 Å². The van der Waals surface area contributed by atoms with E-state index in [0.717, 1.165) is 25.1 Å². The van der Waals surface area contributed by atoms with Crippen LogP contribution >= 0.6 is 0 Å². The predicted octanol–water partition coefficient (Wildman–Crippen LogP) is 3.43. The van der Waals surface area contributed by atoms with Gasteiger partial charge >= 0.3 is 0 Å². The fourth-order valence-electron chi connectivity index (χ4n) is 2.72. The molecule has 0 spiro atoms. The van der Waals surface area contributed by atoms with Gasteiger partial charge in [-0.25, -0.2) is 0 Å². The Kier molecular flexibility index (Phi) is 3.05. The molecule has 1 aliphatic heterocycles. The summed E-state index contributed by atoms with van der Waals surface area (Å²) in [6.45, 7) is 9.37. The molecule has 100 valence electrons. The average Bonchev–Trinajstić information content (AvgIpc) is 2.96. The van der Waals surface area contributed by atoms with Crippen LogP contribution in [0, 0.1) is 0 Å². The van der Waals surface area contributed by atoms with E-state index in [1.165, 1.54) is 16.5 Å². The van der Waals surface area contributed by atoms with Crippen LogP contribution in [0.4, 0.5) is 0 Å². The van der Waals surface area contributed by atoms with Crippen molar-refractivity contribution >= 4 is 10.9 Å². The van der Waals surface area contributed by atoms with Gasteiger partial charge in [0.1, 0.15) is 0 Å². The molecule has 1 aliphatic rings. The topological polar surface area (TPSA) is 29.9 Å². The zero-order valence-corrected chi connectivity index (χ0v) is 11.7. The van der Waals surface area contributed by atoms with Crippen LogP contribution < -0.4 is 5.32 Å². The summed E-state index contributed by atoms with van der Waals surface area (Å²) in [5, 5.41) is 9.19. The first-order chi connectivity index (χ1) is 9.13. The number of rotatable bonds is 3. The van der Waals surface area contributed by atoms with E-state index in [4.69, 9.17) is 0 Å². The number of benzene rings is 1. The molecule has 2 aromatic rings. The Hall–Kier alpha value is -1.77. The van der Waals surface area contributed by atoms with Crippen molar-refractivity contribution in [1.29, 1.82) is 0 Å². The van der Waals surface area contributed by atoms with Gasteiger partial charge in [-0.05, 0) is 30.4 Å². The number of fused-ring (bicyclic) bond motifs is 1. The average molecular weight is 255 g/mol. The molecule has 1 atom stereocenters. The first-order valence-electron chi connectivity index (χ1n) is 7.03. The summed E-state index contributed by atoms with van der Waals surface area (Å²) in [5.41, 5.74) is 3.77. The summed E-state index contributed by atoms with van der Waals surface area (Å²) in [7, 11) is 0. The zero-order valence-electron chi connectivity index (χ0n) is 11.7. The highest BCUT2D eigenvalue weighted by Gasteiger charge is 2.18. The van der Waals surface area contributed by atoms with Crippen LogP contribution in [0.25, 0.3) is 10.9 Å². The van der Waals surface area contributed by atoms with Crippen LogP contribution in [-0.4, -0.2) is 15.8 Å². The predicted molar refractivity (Wildman–Crippen MR) is 79.1 cm³/mol. The minimum Gasteiger partial charge on any atom is -0.384 e. The highest BCUT2D eigenvalue weighted by atomic mass is 15.3. The Morgan fingerprint density at radius 3 is 3.00 bits per heavy atom. The standard InChI is InChI=1S/C16H21N3/c1-11(2)13-5-6-14-9-17-19(16(14)8-13)10-15-7-4-12(3)18-15/h5-6,8-9,11,15,18H,3-4,7,10H2,1-2H3/t15-/m1/s1. The summed E-state index contributed by atoms with van der Waals surface area (Å²) < 4.78 is 2.12. The van der Waals surface area contributed by atoms with Crippen molar-refractivity contribution < 1.29 is 0 Å². The minimum atomic E-state index is 0.471. The fraction of sp³-hybridized carbons (Fsp3) is 0.438. The smallest absolute Gasteiger partial charge is 0.0686 e. The van der Waals surface area contributed by atoms with Gasteiger partial charge in [0.15, 0.2) is 0 Å². The Labute approximate surface area is 114 Å². The molecule has 0 amide bonds. The largest absolute Gasteiger partial charge is 0.384 e. The number of hydrogen-bond acceptors (Lipinski definition) is 2. The number of nitrogens with zero attached hydrogens (tertiary/aromatic N) is 2. The molecule has 3 rings (SSSR count). The third-order valence-corrected chi connectivity index (χ3v) is 3.93. The molecule has 2 heterocycles. The first kappa shape index (κ1) is 12.3. The summed E-state index contributed by atoms with van der Waals surface area (Å²) >= 11 is 0. The monoisotopic (exact) mass is 255 g/mol. The van der Waals surface area contributed by atoms with Gasteiger partial charge in [-0.15, -0.1) is 0 Å². The van der Waals surface area contributed by atoms with Gasteiger partial charge in [-0.2, -0.15) is 5.10 Å². The maximum Gasteiger partial charge on any atom is 0.0686 e. The third kappa shape index (κ3) is 2.37. The SMILES string of the molecule is C=C1CC[C@H](Cn2ncc3ccc(C(C)C)cc32)N1. The van der Waals surface area contributed by atoms with Gasteiger partial charge < -0.3 is 5.32 Å². The number of allylic oxidation sites excluding steroid dienone is 1. The molecule has 3 heteroatoms. The Bertz CT molecular complexity index is 609. The molecule has 0 radical (unpaired) electrons. The lowest BCUT2D eigenvalue weighted by Gasteiger charge is -2.13. The molecule has 3 nitrogen and oxygen atoms in total. The maximum absolute atomic E-state index is 4.53. The summed E-state index contributed by atoms with van der Waals surface area (Å²) in [6, 6.07) is 7.12. The number of nitrogens with one attached hydrogen (secondary N) is 1. The molecule has 1 aromatic heterocycles. The molecule has 0 aliphatic carbocycles. The molecule has 0 bridgehead atoms. The van der Waals surface area contributed by atoms with E-state index in [1.54, 1.807) is 0 Å². The Morgan fingerprint density at radius 1 is 1.47 bits per heavy atom. The lowest BCUT2D eigenvalue weighted by molar-refractivity contribution is 0.493. The van der Waals surface area contributed by atoms with E-state index < -0.39 is 0 Å². The van der Waals surface area contributed by atoms with Crippen molar-refractivity contribution in [2.24, 2.45) is 0 Å². The van der Waals surface area contributed by atoms with Gasteiger partial charge in [0.2, 0.25) is 0 Å². The van der Waals surface area contributed by atoms with Crippen LogP contribution in [0.1, 0.15) is 38.2 Å². The quantitative estimate of drug-likeness (QED) is 0.910. The molecule has 1 fully saturated rings. The maximum atomic E-state index is 4.53. The molecule has 19 heavy (non-hydrogen) atoms. The van der Waals surface area contributed by atoms with Crippen LogP contribution in [-0.2, 0) is 6.54 Å². The van der Waals surface area contributed by atoms with Crippen molar-refractivity contribution in [3.63, 3.8) is 0 Å². The molecule has 1 aromatic carbocycles. The second-order valence-corrected chi connectivity index (χ2v) is 5.78. The summed E-state index contributed by atoms with van der Waals surface area (Å²) in [6.07, 6.45) is 4.20. The Morgan fingerprint density at radius 2 is 2.32 bits per heavy atom. The lowest BCUT2D eigenvalue weighted by Crippen LogP contribution is -2.26. The highest BCUT2D eigenvalue weighted by molar-refractivity contribution is 5.79. The Balaban J connectivity index is 1.90. The minimum absolute atomic E-state index is 0.471. The van der Waals surface area contributed by atoms with Crippen molar-refractivity contribution in [1.82, 2.24) is 15.1 Å². The molecule has 0 saturated carbocycles. The van der Waals surface area contributed by atoms with Crippen molar-refractivity contribution in [2.45, 2.75) is 45.2 Å². The van der Waals surface area contributed by atoms with Crippen LogP contribution in [0.2, 0.25) is 0 Å². The van der Waals surface area contributed by atoms with E-state index in [9.17, 15) is 0 Å². The first-order valence-corrected chi connectivity index (χ1v) is 7.03. The molecule has 1 N–H and O–H groups in total. The van der Waals surface area contributed by atoms with Crippen molar-refractivity contribution in [3.05, 3.63) is 42.2 Å². The van der Waals surface area contributed by atoms with Gasteiger partial charge in [-0.3, -0.25) is 4.68 Å². The van der Waals surface area contributed by atoms with Crippen molar-refractivity contribution in [3.8, 4) is 0 Å². The van der Waals surface area contributed by atoms with Gasteiger partial charge in [0.05, 0.1) is 18.3 Å². The van der Waals surface area contributed by atoms with Crippen LogP contribution in [0.3, 0.4) is 0 Å². The molecule has 1 saturated heterocycles. The highest BCUT2D eigenvalue weighted by Crippen LogP contribution is 2.22. The number of hydrogen-bond donors (Lipinski definition) is 1. The van der Waals surface area contributed by atoms with Gasteiger partial charge in [-0.1, -0.05) is 32.6 Å². The van der Waals surface area contributed by atoms with E-state index in [2.05, 4.69) is 53.7 Å². The lowest BCUT2D eigenvalue weighted by atomic mass is 10.0. The number of aromatic nitrogens is 2. The summed E-state index contributed by atoms with van der Waals surface area (Å²) in [5.74, 6) is 0.553. The molecule has 0 unspecified atom stereocenters. The third-order valence-electron chi connectivity index (χ3n) is 3.93. The normalized spacial score (nSPS) is 19.3.